The smallest absolute Gasteiger partial charge is 0.152 e. The van der Waals surface area contributed by atoms with Crippen LogP contribution in [0.1, 0.15) is 31.0 Å². The molecule has 118 valence electrons. The van der Waals surface area contributed by atoms with Gasteiger partial charge in [-0.05, 0) is 32.4 Å². The van der Waals surface area contributed by atoms with Crippen molar-refractivity contribution in [1.29, 1.82) is 0 Å². The third-order valence-electron chi connectivity index (χ3n) is 3.98. The van der Waals surface area contributed by atoms with Gasteiger partial charge in [0.25, 0.3) is 0 Å². The maximum Gasteiger partial charge on any atom is 0.152 e. The summed E-state index contributed by atoms with van der Waals surface area (Å²) in [5.41, 5.74) is 3.17. The number of hydrogen-bond donors (Lipinski definition) is 1. The van der Waals surface area contributed by atoms with Gasteiger partial charge in [-0.3, -0.25) is 4.98 Å². The second-order valence-corrected chi connectivity index (χ2v) is 8.03. The predicted octanol–water partition coefficient (Wildman–Crippen LogP) is 1.51. The van der Waals surface area contributed by atoms with Crippen LogP contribution < -0.4 is 10.2 Å². The molecule has 1 aliphatic heterocycles. The van der Waals surface area contributed by atoms with Crippen molar-refractivity contribution >= 4 is 15.5 Å². The highest BCUT2D eigenvalue weighted by Crippen LogP contribution is 2.26. The number of nitrogens with zero attached hydrogens (tertiary/aromatic N) is 2. The molecule has 0 amide bonds. The number of aromatic nitrogens is 1. The first-order valence-corrected chi connectivity index (χ1v) is 9.34. The number of pyridine rings is 1. The van der Waals surface area contributed by atoms with E-state index in [0.29, 0.717) is 12.2 Å². The predicted molar refractivity (Wildman–Crippen MR) is 86.4 cm³/mol. The van der Waals surface area contributed by atoms with Crippen LogP contribution in [0.3, 0.4) is 0 Å². The summed E-state index contributed by atoms with van der Waals surface area (Å²) in [7, 11) is -0.876. The second-order valence-electron chi connectivity index (χ2n) is 5.80. The van der Waals surface area contributed by atoms with Crippen LogP contribution in [-0.2, 0) is 16.4 Å². The fourth-order valence-corrected chi connectivity index (χ4v) is 4.49. The number of anilines is 1. The van der Waals surface area contributed by atoms with Crippen molar-refractivity contribution in [3.05, 3.63) is 23.5 Å². The molecule has 0 bridgehead atoms. The molecule has 5 nitrogen and oxygen atoms in total. The van der Waals surface area contributed by atoms with Gasteiger partial charge in [-0.25, -0.2) is 8.42 Å². The number of sulfone groups is 1. The molecule has 2 rings (SSSR count). The summed E-state index contributed by atoms with van der Waals surface area (Å²) in [4.78, 5) is 6.48. The zero-order chi connectivity index (χ0) is 15.5. The molecular weight excluding hydrogens is 286 g/mol. The van der Waals surface area contributed by atoms with Crippen LogP contribution in [-0.4, -0.2) is 44.5 Å². The van der Waals surface area contributed by atoms with E-state index in [9.17, 15) is 8.42 Å². The van der Waals surface area contributed by atoms with Crippen molar-refractivity contribution < 1.29 is 8.42 Å². The van der Waals surface area contributed by atoms with Gasteiger partial charge in [0, 0.05) is 42.8 Å². The molecule has 6 heteroatoms. The molecule has 0 aliphatic carbocycles. The van der Waals surface area contributed by atoms with Gasteiger partial charge in [0.15, 0.2) is 9.84 Å². The van der Waals surface area contributed by atoms with Crippen molar-refractivity contribution in [2.24, 2.45) is 0 Å². The molecule has 1 aliphatic rings. The van der Waals surface area contributed by atoms with Crippen LogP contribution in [0.4, 0.5) is 5.69 Å². The summed E-state index contributed by atoms with van der Waals surface area (Å²) in [5.74, 6) is 0.558. The number of nitrogens with one attached hydrogen (secondary N) is 1. The summed E-state index contributed by atoms with van der Waals surface area (Å²) >= 11 is 0. The summed E-state index contributed by atoms with van der Waals surface area (Å²) in [6.45, 7) is 5.83. The van der Waals surface area contributed by atoms with Crippen LogP contribution in [0.5, 0.6) is 0 Å². The van der Waals surface area contributed by atoms with E-state index in [1.54, 1.807) is 0 Å². The van der Waals surface area contributed by atoms with E-state index in [1.807, 2.05) is 26.2 Å². The highest BCUT2D eigenvalue weighted by molar-refractivity contribution is 7.91. The van der Waals surface area contributed by atoms with Crippen LogP contribution in [0.2, 0.25) is 0 Å². The average Bonchev–Trinajstić information content (AvgIpc) is 2.80. The van der Waals surface area contributed by atoms with Gasteiger partial charge in [0.05, 0.1) is 11.5 Å². The molecule has 0 spiro atoms. The number of hydrogen-bond acceptors (Lipinski definition) is 5. The third-order valence-corrected chi connectivity index (χ3v) is 5.73. The lowest BCUT2D eigenvalue weighted by atomic mass is 10.1. The monoisotopic (exact) mass is 311 g/mol. The molecule has 1 aromatic rings. The highest BCUT2D eigenvalue weighted by atomic mass is 32.2. The zero-order valence-electron chi connectivity index (χ0n) is 13.1. The Morgan fingerprint density at radius 3 is 2.86 bits per heavy atom. The highest BCUT2D eigenvalue weighted by Gasteiger charge is 2.31. The van der Waals surface area contributed by atoms with E-state index in [4.69, 9.17) is 0 Å². The van der Waals surface area contributed by atoms with Crippen LogP contribution >= 0.6 is 0 Å². The molecule has 2 heterocycles. The molecule has 1 N–H and O–H groups in total. The minimum absolute atomic E-state index is 0.0710. The van der Waals surface area contributed by atoms with Crippen LogP contribution in [0.15, 0.2) is 12.3 Å². The van der Waals surface area contributed by atoms with E-state index in [0.717, 1.165) is 36.5 Å². The normalized spacial score (nSPS) is 20.6. The Balaban J connectivity index is 2.18. The second kappa shape index (κ2) is 6.75. The Hall–Kier alpha value is -1.14. The van der Waals surface area contributed by atoms with Crippen molar-refractivity contribution in [3.8, 4) is 0 Å². The van der Waals surface area contributed by atoms with Gasteiger partial charge >= 0.3 is 0 Å². The van der Waals surface area contributed by atoms with Gasteiger partial charge in [-0.2, -0.15) is 0 Å². The van der Waals surface area contributed by atoms with Gasteiger partial charge in [0.2, 0.25) is 0 Å². The molecular formula is C15H25N3O2S. The molecule has 0 aromatic carbocycles. The Morgan fingerprint density at radius 1 is 1.48 bits per heavy atom. The van der Waals surface area contributed by atoms with E-state index < -0.39 is 9.84 Å². The zero-order valence-corrected chi connectivity index (χ0v) is 13.9. The molecule has 1 saturated heterocycles. The first-order chi connectivity index (χ1) is 9.93. The van der Waals surface area contributed by atoms with Crippen molar-refractivity contribution in [3.63, 3.8) is 0 Å². The SMILES string of the molecule is CCCNCc1cnc(C)cc1N(C)C1CCS(=O)(=O)C1. The quantitative estimate of drug-likeness (QED) is 0.807. The minimum atomic E-state index is -2.87. The van der Waals surface area contributed by atoms with Crippen molar-refractivity contribution in [2.75, 3.05) is 30.0 Å². The standard InChI is InChI=1S/C15H25N3O2S/c1-4-6-16-9-13-10-17-12(2)8-15(13)18(3)14-5-7-21(19,20)11-14/h8,10,14,16H,4-7,9,11H2,1-3H3. The van der Waals surface area contributed by atoms with Gasteiger partial charge in [-0.15, -0.1) is 0 Å². The Labute approximate surface area is 127 Å². The van der Waals surface area contributed by atoms with Crippen molar-refractivity contribution in [2.45, 2.75) is 39.3 Å². The molecule has 21 heavy (non-hydrogen) atoms. The average molecular weight is 311 g/mol. The summed E-state index contributed by atoms with van der Waals surface area (Å²) in [6.07, 6.45) is 3.70. The lowest BCUT2D eigenvalue weighted by Gasteiger charge is -2.28. The Kier molecular flexibility index (Phi) is 5.22. The van der Waals surface area contributed by atoms with E-state index in [-0.39, 0.29) is 11.8 Å². The molecule has 0 saturated carbocycles. The maximum absolute atomic E-state index is 11.7. The van der Waals surface area contributed by atoms with Crippen LogP contribution in [0, 0.1) is 6.92 Å². The maximum atomic E-state index is 11.7. The summed E-state index contributed by atoms with van der Waals surface area (Å²) < 4.78 is 23.4. The van der Waals surface area contributed by atoms with E-state index >= 15 is 0 Å². The topological polar surface area (TPSA) is 62.3 Å². The molecule has 1 aromatic heterocycles. The fraction of sp³-hybridized carbons (Fsp3) is 0.667. The molecule has 1 fully saturated rings. The minimum Gasteiger partial charge on any atom is -0.370 e. The largest absolute Gasteiger partial charge is 0.370 e. The van der Waals surface area contributed by atoms with E-state index in [1.165, 1.54) is 0 Å². The number of aryl methyl sites for hydroxylation is 1. The first kappa shape index (κ1) is 16.2. The lowest BCUT2D eigenvalue weighted by Crippen LogP contribution is -2.33. The summed E-state index contributed by atoms with van der Waals surface area (Å²) in [5, 5.41) is 3.39. The number of rotatable bonds is 6. The Morgan fingerprint density at radius 2 is 2.24 bits per heavy atom. The van der Waals surface area contributed by atoms with Gasteiger partial charge in [-0.1, -0.05) is 6.92 Å². The van der Waals surface area contributed by atoms with E-state index in [2.05, 4.69) is 22.1 Å². The first-order valence-electron chi connectivity index (χ1n) is 7.52. The summed E-state index contributed by atoms with van der Waals surface area (Å²) in [6, 6.07) is 2.12. The molecule has 1 unspecified atom stereocenters. The van der Waals surface area contributed by atoms with Crippen LogP contribution in [0.25, 0.3) is 0 Å². The molecule has 0 radical (unpaired) electrons. The Bertz CT molecular complexity index is 587. The fourth-order valence-electron chi connectivity index (χ4n) is 2.72. The lowest BCUT2D eigenvalue weighted by molar-refractivity contribution is 0.600. The van der Waals surface area contributed by atoms with Gasteiger partial charge in [0.1, 0.15) is 0 Å². The van der Waals surface area contributed by atoms with Gasteiger partial charge < -0.3 is 10.2 Å². The van der Waals surface area contributed by atoms with Crippen molar-refractivity contribution in [1.82, 2.24) is 10.3 Å². The molecule has 1 atom stereocenters. The third kappa shape index (κ3) is 4.17.